The van der Waals surface area contributed by atoms with E-state index >= 15 is 0 Å². The van der Waals surface area contributed by atoms with E-state index in [0.29, 0.717) is 21.3 Å². The highest BCUT2D eigenvalue weighted by Gasteiger charge is 2.14. The maximum atomic E-state index is 12.4. The number of nitrogens with zero attached hydrogens (tertiary/aromatic N) is 5. The van der Waals surface area contributed by atoms with Crippen LogP contribution in [0.15, 0.2) is 54.7 Å². The molecule has 8 nitrogen and oxygen atoms in total. The Morgan fingerprint density at radius 3 is 2.74 bits per heavy atom. The van der Waals surface area contributed by atoms with Crippen molar-refractivity contribution in [2.45, 2.75) is 6.54 Å². The molecule has 0 aliphatic heterocycles. The number of hydrogen-bond acceptors (Lipinski definition) is 7. The second kappa shape index (κ2) is 5.43. The summed E-state index contributed by atoms with van der Waals surface area (Å²) in [5.41, 5.74) is 0.275. The van der Waals surface area contributed by atoms with E-state index in [9.17, 15) is 4.79 Å². The van der Waals surface area contributed by atoms with Gasteiger partial charge in [0.25, 0.3) is 11.4 Å². The van der Waals surface area contributed by atoms with Crippen LogP contribution in [0, 0.1) is 0 Å². The second-order valence-electron chi connectivity index (χ2n) is 4.67. The van der Waals surface area contributed by atoms with Crippen molar-refractivity contribution in [3.8, 4) is 11.7 Å². The zero-order chi connectivity index (χ0) is 15.8. The number of hydrogen-bond donors (Lipinski definition) is 0. The average molecular weight is 374 g/mol. The molecule has 4 aromatic rings. The maximum absolute atomic E-state index is 12.4. The minimum atomic E-state index is -0.268. The molecule has 1 aromatic carbocycles. The van der Waals surface area contributed by atoms with E-state index in [4.69, 9.17) is 8.83 Å². The van der Waals surface area contributed by atoms with Crippen molar-refractivity contribution in [2.24, 2.45) is 0 Å². The van der Waals surface area contributed by atoms with Crippen LogP contribution < -0.4 is 5.56 Å². The summed E-state index contributed by atoms with van der Waals surface area (Å²) in [5, 5.41) is 16.2. The molecule has 4 rings (SSSR count). The molecule has 0 atom stereocenters. The number of fused-ring (bicyclic) bond motifs is 1. The Balaban J connectivity index is 1.67. The molecule has 9 heteroatoms. The summed E-state index contributed by atoms with van der Waals surface area (Å²) in [6.07, 6.45) is 0. The fourth-order valence-electron chi connectivity index (χ4n) is 2.10. The van der Waals surface area contributed by atoms with Gasteiger partial charge in [0.05, 0.1) is 5.39 Å². The lowest BCUT2D eigenvalue weighted by Gasteiger charge is -2.01. The van der Waals surface area contributed by atoms with Gasteiger partial charge >= 0.3 is 0 Å². The van der Waals surface area contributed by atoms with Crippen LogP contribution in [0.3, 0.4) is 0 Å². The van der Waals surface area contributed by atoms with Crippen LogP contribution >= 0.6 is 15.9 Å². The Kier molecular flexibility index (Phi) is 3.27. The molecule has 0 aliphatic carbocycles. The Hall–Kier alpha value is -2.81. The van der Waals surface area contributed by atoms with E-state index in [-0.39, 0.29) is 23.9 Å². The molecular formula is C14H8BrN5O3. The van der Waals surface area contributed by atoms with Gasteiger partial charge in [-0.05, 0) is 40.2 Å². The van der Waals surface area contributed by atoms with Crippen molar-refractivity contribution in [2.75, 3.05) is 0 Å². The van der Waals surface area contributed by atoms with Gasteiger partial charge in [-0.1, -0.05) is 17.3 Å². The van der Waals surface area contributed by atoms with Gasteiger partial charge in [-0.3, -0.25) is 4.79 Å². The van der Waals surface area contributed by atoms with Crippen molar-refractivity contribution in [3.63, 3.8) is 0 Å². The first-order valence-corrected chi connectivity index (χ1v) is 7.40. The molecule has 3 heterocycles. The molecule has 0 N–H and O–H groups in total. The van der Waals surface area contributed by atoms with Crippen molar-refractivity contribution in [1.29, 1.82) is 0 Å². The summed E-state index contributed by atoms with van der Waals surface area (Å²) in [7, 11) is 0. The predicted molar refractivity (Wildman–Crippen MR) is 82.6 cm³/mol. The minimum Gasteiger partial charge on any atom is -0.444 e. The Morgan fingerprint density at radius 1 is 1.04 bits per heavy atom. The molecule has 0 fully saturated rings. The van der Waals surface area contributed by atoms with Gasteiger partial charge in [0.1, 0.15) is 12.1 Å². The summed E-state index contributed by atoms with van der Waals surface area (Å²) >= 11 is 3.20. The van der Waals surface area contributed by atoms with Crippen LogP contribution in [0.5, 0.6) is 0 Å². The number of aromatic nitrogens is 5. The van der Waals surface area contributed by atoms with E-state index in [2.05, 4.69) is 36.4 Å². The zero-order valence-corrected chi connectivity index (χ0v) is 13.1. The molecule has 0 bridgehead atoms. The van der Waals surface area contributed by atoms with Gasteiger partial charge in [0, 0.05) is 0 Å². The summed E-state index contributed by atoms with van der Waals surface area (Å²) in [4.78, 5) is 12.4. The first-order chi connectivity index (χ1) is 11.2. The van der Waals surface area contributed by atoms with Crippen molar-refractivity contribution in [1.82, 2.24) is 25.2 Å². The Morgan fingerprint density at radius 2 is 1.91 bits per heavy atom. The lowest BCUT2D eigenvalue weighted by Crippen LogP contribution is -2.24. The average Bonchev–Trinajstić information content (AvgIpc) is 3.19. The molecule has 114 valence electrons. The smallest absolute Gasteiger partial charge is 0.283 e. The fourth-order valence-corrected chi connectivity index (χ4v) is 2.41. The highest BCUT2D eigenvalue weighted by molar-refractivity contribution is 9.10. The van der Waals surface area contributed by atoms with E-state index in [0.717, 1.165) is 0 Å². The van der Waals surface area contributed by atoms with Crippen LogP contribution in [0.2, 0.25) is 0 Å². The van der Waals surface area contributed by atoms with Crippen LogP contribution in [-0.4, -0.2) is 25.2 Å². The third kappa shape index (κ3) is 2.55. The van der Waals surface area contributed by atoms with Crippen LogP contribution in [0.25, 0.3) is 22.6 Å². The quantitative estimate of drug-likeness (QED) is 0.542. The molecule has 0 aliphatic rings. The third-order valence-corrected chi connectivity index (χ3v) is 3.59. The van der Waals surface area contributed by atoms with E-state index < -0.39 is 0 Å². The SMILES string of the molecule is O=c1c2ccccc2nnn1Cc1nnc(-c2ccc(Br)o2)o1. The second-order valence-corrected chi connectivity index (χ2v) is 5.46. The van der Waals surface area contributed by atoms with E-state index in [1.54, 1.807) is 36.4 Å². The zero-order valence-electron chi connectivity index (χ0n) is 11.5. The normalized spacial score (nSPS) is 11.2. The van der Waals surface area contributed by atoms with Crippen molar-refractivity contribution >= 4 is 26.8 Å². The van der Waals surface area contributed by atoms with Crippen LogP contribution in [-0.2, 0) is 6.54 Å². The van der Waals surface area contributed by atoms with Crippen LogP contribution in [0.4, 0.5) is 0 Å². The van der Waals surface area contributed by atoms with Gasteiger partial charge in [-0.2, -0.15) is 0 Å². The highest BCUT2D eigenvalue weighted by atomic mass is 79.9. The Labute approximate surface area is 136 Å². The molecule has 3 aromatic heterocycles. The fraction of sp³-hybridized carbons (Fsp3) is 0.0714. The van der Waals surface area contributed by atoms with Crippen molar-refractivity contribution in [3.05, 3.63) is 57.3 Å². The summed E-state index contributed by atoms with van der Waals surface area (Å²) in [6.45, 7) is 0.0333. The first-order valence-electron chi connectivity index (χ1n) is 6.61. The Bertz CT molecular complexity index is 1050. The van der Waals surface area contributed by atoms with Gasteiger partial charge in [0.15, 0.2) is 10.4 Å². The molecule has 0 amide bonds. The monoisotopic (exact) mass is 373 g/mol. The number of benzene rings is 1. The molecule has 0 radical (unpaired) electrons. The molecule has 23 heavy (non-hydrogen) atoms. The lowest BCUT2D eigenvalue weighted by molar-refractivity contribution is 0.443. The standard InChI is InChI=1S/C14H8BrN5O3/c15-11-6-5-10(22-11)13-18-17-12(23-13)7-20-14(21)8-3-1-2-4-9(8)16-19-20/h1-6H,7H2. The first kappa shape index (κ1) is 13.8. The highest BCUT2D eigenvalue weighted by Crippen LogP contribution is 2.23. The van der Waals surface area contributed by atoms with Gasteiger partial charge in [-0.15, -0.1) is 15.3 Å². The molecular weight excluding hydrogens is 366 g/mol. The molecule has 0 unspecified atom stereocenters. The lowest BCUT2D eigenvalue weighted by atomic mass is 10.2. The minimum absolute atomic E-state index is 0.0333. The largest absolute Gasteiger partial charge is 0.444 e. The topological polar surface area (TPSA) is 99.8 Å². The summed E-state index contributed by atoms with van der Waals surface area (Å²) < 4.78 is 12.6. The number of rotatable bonds is 3. The molecule has 0 saturated carbocycles. The van der Waals surface area contributed by atoms with Crippen LogP contribution in [0.1, 0.15) is 5.89 Å². The van der Waals surface area contributed by atoms with E-state index in [1.807, 2.05) is 0 Å². The van der Waals surface area contributed by atoms with Gasteiger partial charge < -0.3 is 8.83 Å². The number of furan rings is 1. The third-order valence-electron chi connectivity index (χ3n) is 3.17. The van der Waals surface area contributed by atoms with Crippen molar-refractivity contribution < 1.29 is 8.83 Å². The van der Waals surface area contributed by atoms with Gasteiger partial charge in [-0.25, -0.2) is 4.68 Å². The van der Waals surface area contributed by atoms with E-state index in [1.165, 1.54) is 4.68 Å². The number of halogens is 1. The molecule has 0 spiro atoms. The summed E-state index contributed by atoms with van der Waals surface area (Å²) in [6, 6.07) is 10.4. The summed E-state index contributed by atoms with van der Waals surface area (Å²) in [5.74, 6) is 0.902. The van der Waals surface area contributed by atoms with Gasteiger partial charge in [0.2, 0.25) is 5.89 Å². The predicted octanol–water partition coefficient (Wildman–Crippen LogP) is 2.25. The maximum Gasteiger partial charge on any atom is 0.283 e. The molecule has 0 saturated heterocycles.